The third-order valence-electron chi connectivity index (χ3n) is 5.51. The molecule has 1 aliphatic carbocycles. The summed E-state index contributed by atoms with van der Waals surface area (Å²) < 4.78 is 5.25. The number of imidazole rings is 2. The number of anilines is 2. The molecule has 0 bridgehead atoms. The Morgan fingerprint density at radius 1 is 1.18 bits per heavy atom. The van der Waals surface area contributed by atoms with Crippen LogP contribution in [-0.4, -0.2) is 39.7 Å². The number of rotatable bonds is 3. The molecule has 0 unspecified atom stereocenters. The fourth-order valence-electron chi connectivity index (χ4n) is 3.96. The molecule has 1 saturated carbocycles. The van der Waals surface area contributed by atoms with Crippen LogP contribution in [0.2, 0.25) is 0 Å². The van der Waals surface area contributed by atoms with Gasteiger partial charge in [-0.25, -0.2) is 14.8 Å². The molecule has 0 saturated heterocycles. The predicted molar refractivity (Wildman–Crippen MR) is 105 cm³/mol. The lowest BCUT2D eigenvalue weighted by Gasteiger charge is -2.26. The first-order chi connectivity index (χ1) is 13.6. The van der Waals surface area contributed by atoms with Gasteiger partial charge in [-0.05, 0) is 37.8 Å². The third-order valence-corrected chi connectivity index (χ3v) is 5.51. The Kier molecular flexibility index (Phi) is 3.90. The Hall–Kier alpha value is -3.20. The fraction of sp³-hybridized carbons (Fsp3) is 0.368. The molecule has 4 aromatic heterocycles. The van der Waals surface area contributed by atoms with Crippen molar-refractivity contribution >= 4 is 28.4 Å². The second-order valence-corrected chi connectivity index (χ2v) is 7.31. The van der Waals surface area contributed by atoms with E-state index in [0.29, 0.717) is 30.0 Å². The van der Waals surface area contributed by atoms with Crippen molar-refractivity contribution in [1.29, 1.82) is 0 Å². The number of nitrogens with one attached hydrogen (secondary N) is 1. The molecule has 0 spiro atoms. The maximum absolute atomic E-state index is 12.8. The van der Waals surface area contributed by atoms with Crippen LogP contribution in [0.15, 0.2) is 41.7 Å². The van der Waals surface area contributed by atoms with E-state index in [-0.39, 0.29) is 17.8 Å². The van der Waals surface area contributed by atoms with E-state index in [1.54, 1.807) is 28.6 Å². The molecule has 0 aromatic carbocycles. The molecule has 2 N–H and O–H groups in total. The largest absolute Gasteiger partial charge is 0.393 e. The van der Waals surface area contributed by atoms with Crippen molar-refractivity contribution < 1.29 is 5.11 Å². The SMILES string of the molecule is Cn1c(=O)n(C2CCC(O)CC2)c2nc(Nc3ccc4nccn4c3)ncc21. The molecule has 9 heteroatoms. The molecule has 0 radical (unpaired) electrons. The summed E-state index contributed by atoms with van der Waals surface area (Å²) >= 11 is 0. The van der Waals surface area contributed by atoms with Gasteiger partial charge in [0, 0.05) is 31.7 Å². The van der Waals surface area contributed by atoms with E-state index in [0.717, 1.165) is 24.2 Å². The number of pyridine rings is 1. The van der Waals surface area contributed by atoms with E-state index in [1.165, 1.54) is 0 Å². The minimum Gasteiger partial charge on any atom is -0.393 e. The Balaban J connectivity index is 1.54. The lowest BCUT2D eigenvalue weighted by atomic mass is 9.93. The van der Waals surface area contributed by atoms with Gasteiger partial charge >= 0.3 is 5.69 Å². The molecule has 144 valence electrons. The molecular weight excluding hydrogens is 358 g/mol. The number of nitrogens with zero attached hydrogens (tertiary/aromatic N) is 6. The van der Waals surface area contributed by atoms with Crippen LogP contribution in [0.1, 0.15) is 31.7 Å². The number of hydrogen-bond acceptors (Lipinski definition) is 6. The molecule has 5 rings (SSSR count). The van der Waals surface area contributed by atoms with E-state index >= 15 is 0 Å². The second kappa shape index (κ2) is 6.45. The average Bonchev–Trinajstić information content (AvgIpc) is 3.26. The maximum atomic E-state index is 12.8. The summed E-state index contributed by atoms with van der Waals surface area (Å²) in [5, 5.41) is 13.0. The van der Waals surface area contributed by atoms with Crippen LogP contribution in [0.3, 0.4) is 0 Å². The van der Waals surface area contributed by atoms with Crippen molar-refractivity contribution in [3.63, 3.8) is 0 Å². The molecule has 1 fully saturated rings. The summed E-state index contributed by atoms with van der Waals surface area (Å²) in [7, 11) is 1.74. The summed E-state index contributed by atoms with van der Waals surface area (Å²) in [5.74, 6) is 0.433. The minimum absolute atomic E-state index is 0.0460. The van der Waals surface area contributed by atoms with Gasteiger partial charge in [-0.15, -0.1) is 0 Å². The van der Waals surface area contributed by atoms with Gasteiger partial charge in [-0.2, -0.15) is 4.98 Å². The van der Waals surface area contributed by atoms with Crippen molar-refractivity contribution in [3.05, 3.63) is 47.4 Å². The van der Waals surface area contributed by atoms with Gasteiger partial charge in [0.2, 0.25) is 5.95 Å². The lowest BCUT2D eigenvalue weighted by molar-refractivity contribution is 0.110. The molecule has 9 nitrogen and oxygen atoms in total. The smallest absolute Gasteiger partial charge is 0.330 e. The minimum atomic E-state index is -0.271. The molecule has 4 heterocycles. The number of aromatic nitrogens is 6. The highest BCUT2D eigenvalue weighted by Gasteiger charge is 2.25. The van der Waals surface area contributed by atoms with Crippen molar-refractivity contribution in [2.24, 2.45) is 7.05 Å². The summed E-state index contributed by atoms with van der Waals surface area (Å²) in [6, 6.07) is 3.87. The second-order valence-electron chi connectivity index (χ2n) is 7.31. The molecule has 4 aromatic rings. The van der Waals surface area contributed by atoms with Gasteiger partial charge in [0.05, 0.1) is 18.0 Å². The van der Waals surface area contributed by atoms with E-state index in [1.807, 2.05) is 28.9 Å². The summed E-state index contributed by atoms with van der Waals surface area (Å²) in [4.78, 5) is 26.1. The zero-order valence-electron chi connectivity index (χ0n) is 15.5. The van der Waals surface area contributed by atoms with E-state index in [2.05, 4.69) is 20.3 Å². The molecule has 28 heavy (non-hydrogen) atoms. The zero-order chi connectivity index (χ0) is 19.3. The van der Waals surface area contributed by atoms with Crippen LogP contribution in [0.25, 0.3) is 16.8 Å². The highest BCUT2D eigenvalue weighted by Crippen LogP contribution is 2.30. The first-order valence-electron chi connectivity index (χ1n) is 9.42. The van der Waals surface area contributed by atoms with Crippen LogP contribution in [0.4, 0.5) is 11.6 Å². The van der Waals surface area contributed by atoms with Crippen LogP contribution in [-0.2, 0) is 7.05 Å². The van der Waals surface area contributed by atoms with Gasteiger partial charge < -0.3 is 14.8 Å². The van der Waals surface area contributed by atoms with Gasteiger partial charge in [-0.3, -0.25) is 9.13 Å². The summed E-state index contributed by atoms with van der Waals surface area (Å²) in [6.45, 7) is 0. The molecule has 0 amide bonds. The molecule has 0 atom stereocenters. The Labute approximate surface area is 160 Å². The van der Waals surface area contributed by atoms with Crippen LogP contribution in [0, 0.1) is 0 Å². The van der Waals surface area contributed by atoms with Crippen molar-refractivity contribution in [1.82, 2.24) is 28.5 Å². The fourth-order valence-corrected chi connectivity index (χ4v) is 3.96. The zero-order valence-corrected chi connectivity index (χ0v) is 15.5. The first kappa shape index (κ1) is 16.9. The van der Waals surface area contributed by atoms with E-state index in [9.17, 15) is 9.90 Å². The quantitative estimate of drug-likeness (QED) is 0.564. The summed E-state index contributed by atoms with van der Waals surface area (Å²) in [5.41, 5.74) is 2.92. The Morgan fingerprint density at radius 3 is 2.82 bits per heavy atom. The Morgan fingerprint density at radius 2 is 2.00 bits per heavy atom. The highest BCUT2D eigenvalue weighted by atomic mass is 16.3. The van der Waals surface area contributed by atoms with Crippen LogP contribution >= 0.6 is 0 Å². The number of aliphatic hydroxyl groups is 1. The molecule has 0 aliphatic heterocycles. The van der Waals surface area contributed by atoms with E-state index in [4.69, 9.17) is 0 Å². The van der Waals surface area contributed by atoms with Crippen molar-refractivity contribution in [3.8, 4) is 0 Å². The summed E-state index contributed by atoms with van der Waals surface area (Å²) in [6.07, 6.45) is 9.87. The molecular formula is C19H21N7O2. The number of hydrogen-bond donors (Lipinski definition) is 2. The molecule has 1 aliphatic rings. The van der Waals surface area contributed by atoms with Gasteiger partial charge in [0.25, 0.3) is 0 Å². The number of aliphatic hydroxyl groups excluding tert-OH is 1. The van der Waals surface area contributed by atoms with Crippen molar-refractivity contribution in [2.45, 2.75) is 37.8 Å². The predicted octanol–water partition coefficient (Wildman–Crippen LogP) is 2.00. The number of aryl methyl sites for hydroxylation is 1. The normalized spacial score (nSPS) is 20.1. The first-order valence-corrected chi connectivity index (χ1v) is 9.42. The average molecular weight is 379 g/mol. The Bertz CT molecular complexity index is 1210. The van der Waals surface area contributed by atoms with Crippen molar-refractivity contribution in [2.75, 3.05) is 5.32 Å². The van der Waals surface area contributed by atoms with Gasteiger partial charge in [0.15, 0.2) is 5.65 Å². The third kappa shape index (κ3) is 2.75. The number of fused-ring (bicyclic) bond motifs is 2. The standard InChI is InChI=1S/C19H21N7O2/c1-24-15-10-21-18(22-12-2-7-16-20-8-9-25(16)11-12)23-17(15)26(19(24)28)13-3-5-14(27)6-4-13/h2,7-11,13-14,27H,3-6H2,1H3,(H,21,22,23). The lowest BCUT2D eigenvalue weighted by Crippen LogP contribution is -2.30. The highest BCUT2D eigenvalue weighted by molar-refractivity contribution is 5.73. The monoisotopic (exact) mass is 379 g/mol. The van der Waals surface area contributed by atoms with E-state index < -0.39 is 0 Å². The topological polar surface area (TPSA) is 102 Å². The van der Waals surface area contributed by atoms with Crippen LogP contribution < -0.4 is 11.0 Å². The van der Waals surface area contributed by atoms with Crippen LogP contribution in [0.5, 0.6) is 0 Å². The maximum Gasteiger partial charge on any atom is 0.330 e. The van der Waals surface area contributed by atoms with Gasteiger partial charge in [0.1, 0.15) is 11.2 Å². The van der Waals surface area contributed by atoms with Gasteiger partial charge in [-0.1, -0.05) is 0 Å².